The van der Waals surface area contributed by atoms with E-state index in [9.17, 15) is 14.9 Å². The van der Waals surface area contributed by atoms with E-state index in [0.29, 0.717) is 16.9 Å². The summed E-state index contributed by atoms with van der Waals surface area (Å²) in [5, 5.41) is 11.1. The van der Waals surface area contributed by atoms with Crippen LogP contribution in [-0.2, 0) is 0 Å². The number of carbonyl (C=O) groups excluding carboxylic acids is 1. The summed E-state index contributed by atoms with van der Waals surface area (Å²) in [5.41, 5.74) is 1.81. The minimum absolute atomic E-state index is 0.0513. The number of hydrogen-bond donors (Lipinski definition) is 0. The third-order valence-electron chi connectivity index (χ3n) is 2.98. The lowest BCUT2D eigenvalue weighted by Gasteiger charge is -2.09. The van der Waals surface area contributed by atoms with Crippen molar-refractivity contribution < 1.29 is 14.5 Å². The molecule has 102 valence electrons. The number of hydrogen-bond acceptors (Lipinski definition) is 4. The Labute approximate surface area is 116 Å². The Morgan fingerprint density at radius 1 is 1.15 bits per heavy atom. The molecule has 0 bridgehead atoms. The maximum Gasteiger partial charge on any atom is 0.314 e. The van der Waals surface area contributed by atoms with Gasteiger partial charge in [-0.1, -0.05) is 12.1 Å². The van der Waals surface area contributed by atoms with Crippen LogP contribution in [0.1, 0.15) is 21.5 Å². The third-order valence-corrected chi connectivity index (χ3v) is 2.98. The number of benzene rings is 2. The molecule has 0 spiro atoms. The zero-order chi connectivity index (χ0) is 14.7. The molecule has 0 saturated heterocycles. The molecule has 2 rings (SSSR count). The number of nitro benzene ring substituents is 1. The fraction of sp³-hybridized carbons (Fsp3) is 0.133. The van der Waals surface area contributed by atoms with Crippen LogP contribution in [0.25, 0.3) is 0 Å². The van der Waals surface area contributed by atoms with Crippen LogP contribution >= 0.6 is 0 Å². The molecule has 0 aliphatic heterocycles. The van der Waals surface area contributed by atoms with Gasteiger partial charge in [0.1, 0.15) is 12.0 Å². The third kappa shape index (κ3) is 2.66. The van der Waals surface area contributed by atoms with E-state index < -0.39 is 4.92 Å². The lowest BCUT2D eigenvalue weighted by molar-refractivity contribution is -0.386. The number of carbonyl (C=O) groups is 1. The first-order valence-electron chi connectivity index (χ1n) is 6.00. The molecule has 5 nitrogen and oxygen atoms in total. The molecule has 0 amide bonds. The fourth-order valence-corrected chi connectivity index (χ4v) is 1.92. The van der Waals surface area contributed by atoms with Crippen LogP contribution in [0.15, 0.2) is 36.4 Å². The molecule has 0 heterocycles. The average Bonchev–Trinajstić information content (AvgIpc) is 2.38. The predicted octanol–water partition coefficient (Wildman–Crippen LogP) is 3.82. The summed E-state index contributed by atoms with van der Waals surface area (Å²) < 4.78 is 5.57. The van der Waals surface area contributed by atoms with Crippen molar-refractivity contribution in [2.45, 2.75) is 13.8 Å². The molecule has 0 unspecified atom stereocenters. The highest BCUT2D eigenvalue weighted by Crippen LogP contribution is 2.34. The van der Waals surface area contributed by atoms with Gasteiger partial charge in [0.15, 0.2) is 0 Å². The molecule has 5 heteroatoms. The Morgan fingerprint density at radius 3 is 2.50 bits per heavy atom. The summed E-state index contributed by atoms with van der Waals surface area (Å²) in [6.07, 6.45) is 0.758. The summed E-state index contributed by atoms with van der Waals surface area (Å²) in [5.74, 6) is 0.648. The van der Waals surface area contributed by atoms with E-state index in [4.69, 9.17) is 4.74 Å². The van der Waals surface area contributed by atoms with E-state index in [1.165, 1.54) is 0 Å². The van der Waals surface area contributed by atoms with Gasteiger partial charge in [0.25, 0.3) is 0 Å². The van der Waals surface area contributed by atoms with Crippen molar-refractivity contribution in [3.05, 3.63) is 63.2 Å². The second-order valence-corrected chi connectivity index (χ2v) is 4.42. The molecule has 2 aromatic carbocycles. The molecule has 0 aliphatic carbocycles. The molecular formula is C15H13NO4. The number of aldehydes is 1. The Bertz CT molecular complexity index is 680. The average molecular weight is 271 g/mol. The van der Waals surface area contributed by atoms with Crippen LogP contribution in [0.3, 0.4) is 0 Å². The number of aryl methyl sites for hydroxylation is 2. The van der Waals surface area contributed by atoms with E-state index in [1.54, 1.807) is 50.2 Å². The van der Waals surface area contributed by atoms with E-state index in [-0.39, 0.29) is 11.4 Å². The second kappa shape index (κ2) is 5.52. The number of ether oxygens (including phenoxy) is 1. The molecule has 0 aliphatic rings. The van der Waals surface area contributed by atoms with Crippen molar-refractivity contribution in [3.63, 3.8) is 0 Å². The largest absolute Gasteiger partial charge is 0.450 e. The van der Waals surface area contributed by atoms with Gasteiger partial charge in [0.05, 0.1) is 4.92 Å². The number of nitrogens with zero attached hydrogens (tertiary/aromatic N) is 1. The summed E-state index contributed by atoms with van der Waals surface area (Å²) in [6, 6.07) is 9.82. The monoisotopic (exact) mass is 271 g/mol. The summed E-state index contributed by atoms with van der Waals surface area (Å²) >= 11 is 0. The first-order valence-corrected chi connectivity index (χ1v) is 6.00. The maximum atomic E-state index is 11.1. The van der Waals surface area contributed by atoms with Crippen molar-refractivity contribution in [3.8, 4) is 11.5 Å². The topological polar surface area (TPSA) is 69.4 Å². The Hall–Kier alpha value is -2.69. The molecule has 0 radical (unpaired) electrons. The molecule has 0 saturated carbocycles. The van der Waals surface area contributed by atoms with Crippen LogP contribution in [0, 0.1) is 24.0 Å². The Morgan fingerprint density at radius 2 is 1.90 bits per heavy atom. The van der Waals surface area contributed by atoms with Gasteiger partial charge in [-0.3, -0.25) is 14.9 Å². The van der Waals surface area contributed by atoms with Gasteiger partial charge in [-0.25, -0.2) is 0 Å². The molecule has 0 atom stereocenters. The highest BCUT2D eigenvalue weighted by atomic mass is 16.6. The summed E-state index contributed by atoms with van der Waals surface area (Å²) in [7, 11) is 0. The highest BCUT2D eigenvalue weighted by molar-refractivity contribution is 5.77. The van der Waals surface area contributed by atoms with E-state index in [1.807, 2.05) is 0 Å². The first kappa shape index (κ1) is 13.7. The second-order valence-electron chi connectivity index (χ2n) is 4.42. The van der Waals surface area contributed by atoms with Crippen molar-refractivity contribution in [2.24, 2.45) is 0 Å². The van der Waals surface area contributed by atoms with Gasteiger partial charge in [-0.15, -0.1) is 0 Å². The van der Waals surface area contributed by atoms with Gasteiger partial charge in [-0.2, -0.15) is 0 Å². The smallest absolute Gasteiger partial charge is 0.314 e. The number of nitro groups is 1. The molecule has 0 N–H and O–H groups in total. The van der Waals surface area contributed by atoms with E-state index >= 15 is 0 Å². The van der Waals surface area contributed by atoms with Gasteiger partial charge in [0, 0.05) is 11.1 Å². The van der Waals surface area contributed by atoms with Gasteiger partial charge in [0.2, 0.25) is 5.75 Å². The Kier molecular flexibility index (Phi) is 3.79. The minimum atomic E-state index is -0.461. The van der Waals surface area contributed by atoms with Crippen molar-refractivity contribution in [1.29, 1.82) is 0 Å². The van der Waals surface area contributed by atoms with Crippen LogP contribution in [-0.4, -0.2) is 11.2 Å². The zero-order valence-corrected chi connectivity index (χ0v) is 11.1. The lowest BCUT2D eigenvalue weighted by Crippen LogP contribution is -1.96. The predicted molar refractivity (Wildman–Crippen MR) is 74.5 cm³/mol. The molecule has 0 fully saturated rings. The van der Waals surface area contributed by atoms with Crippen LogP contribution in [0.4, 0.5) is 5.69 Å². The normalized spacial score (nSPS) is 10.1. The van der Waals surface area contributed by atoms with Crippen LogP contribution in [0.5, 0.6) is 11.5 Å². The lowest BCUT2D eigenvalue weighted by atomic mass is 10.1. The summed E-state index contributed by atoms with van der Waals surface area (Å²) in [6.45, 7) is 3.44. The number of para-hydroxylation sites is 1. The molecule has 2 aromatic rings. The Balaban J connectivity index is 2.40. The summed E-state index contributed by atoms with van der Waals surface area (Å²) in [4.78, 5) is 21.4. The van der Waals surface area contributed by atoms with Gasteiger partial charge < -0.3 is 4.74 Å². The highest BCUT2D eigenvalue weighted by Gasteiger charge is 2.18. The van der Waals surface area contributed by atoms with E-state index in [2.05, 4.69) is 0 Å². The zero-order valence-electron chi connectivity index (χ0n) is 11.1. The van der Waals surface area contributed by atoms with Gasteiger partial charge in [-0.05, 0) is 43.7 Å². The van der Waals surface area contributed by atoms with Crippen LogP contribution in [0.2, 0.25) is 0 Å². The SMILES string of the molecule is Cc1cc(Oc2cccc(C)c2[N+](=O)[O-])ccc1C=O. The van der Waals surface area contributed by atoms with Crippen molar-refractivity contribution in [1.82, 2.24) is 0 Å². The van der Waals surface area contributed by atoms with Crippen molar-refractivity contribution in [2.75, 3.05) is 0 Å². The molecular weight excluding hydrogens is 258 g/mol. The standard InChI is InChI=1S/C15H13NO4/c1-10-4-3-5-14(15(10)16(18)19)20-13-7-6-12(9-17)11(2)8-13/h3-9H,1-2H3. The fourth-order valence-electron chi connectivity index (χ4n) is 1.92. The quantitative estimate of drug-likeness (QED) is 0.481. The maximum absolute atomic E-state index is 11.1. The van der Waals surface area contributed by atoms with Crippen molar-refractivity contribution >= 4 is 12.0 Å². The molecule has 20 heavy (non-hydrogen) atoms. The van der Waals surface area contributed by atoms with Gasteiger partial charge >= 0.3 is 5.69 Å². The first-order chi connectivity index (χ1) is 9.52. The minimum Gasteiger partial charge on any atom is -0.450 e. The molecule has 0 aromatic heterocycles. The van der Waals surface area contributed by atoms with Crippen LogP contribution < -0.4 is 4.74 Å². The number of rotatable bonds is 4. The van der Waals surface area contributed by atoms with E-state index in [0.717, 1.165) is 11.8 Å².